The topological polar surface area (TPSA) is 63.4 Å². The highest BCUT2D eigenvalue weighted by molar-refractivity contribution is 6.07. The molecule has 0 aliphatic heterocycles. The van der Waals surface area contributed by atoms with E-state index in [4.69, 9.17) is 14.7 Å². The molecule has 6 heteroatoms. The lowest BCUT2D eigenvalue weighted by Crippen LogP contribution is -2.27. The lowest BCUT2D eigenvalue weighted by atomic mass is 10.1. The van der Waals surface area contributed by atoms with E-state index in [2.05, 4.69) is 64.1 Å². The fraction of sp³-hybridized carbons (Fsp3) is 0.290. The van der Waals surface area contributed by atoms with Gasteiger partial charge in [-0.25, -0.2) is 9.97 Å². The third kappa shape index (κ3) is 5.66. The Bertz CT molecular complexity index is 1430. The van der Waals surface area contributed by atoms with Gasteiger partial charge in [0.25, 0.3) is 0 Å². The van der Waals surface area contributed by atoms with E-state index < -0.39 is 5.60 Å². The standard InChI is InChI=1S/C31H34N4O2/c1-4-37-21-27-33-28-29(35(27)22-31(2,3)36)25-17-11-12-18-26(25)32-30(28)34(19-23-13-7-5-8-14-23)20-24-15-9-6-10-16-24/h5-18,36H,4,19-22H2,1-3H3. The molecule has 0 saturated carbocycles. The van der Waals surface area contributed by atoms with Crippen molar-refractivity contribution < 1.29 is 9.84 Å². The van der Waals surface area contributed by atoms with Gasteiger partial charge in [0.2, 0.25) is 0 Å². The Hall–Kier alpha value is -3.74. The number of hydrogen-bond donors (Lipinski definition) is 1. The maximum Gasteiger partial charge on any atom is 0.158 e. The minimum atomic E-state index is -0.924. The first-order chi connectivity index (χ1) is 17.9. The van der Waals surface area contributed by atoms with Crippen molar-refractivity contribution in [2.75, 3.05) is 11.5 Å². The number of rotatable bonds is 10. The number of imidazole rings is 1. The number of benzene rings is 3. The Balaban J connectivity index is 1.75. The van der Waals surface area contributed by atoms with Crippen molar-refractivity contribution in [2.45, 2.75) is 52.6 Å². The van der Waals surface area contributed by atoms with E-state index in [0.717, 1.165) is 33.6 Å². The quantitative estimate of drug-likeness (QED) is 0.254. The van der Waals surface area contributed by atoms with E-state index in [1.807, 2.05) is 51.1 Å². The van der Waals surface area contributed by atoms with Crippen molar-refractivity contribution in [2.24, 2.45) is 0 Å². The summed E-state index contributed by atoms with van der Waals surface area (Å²) in [5.41, 5.74) is 4.18. The molecule has 37 heavy (non-hydrogen) atoms. The summed E-state index contributed by atoms with van der Waals surface area (Å²) in [6.45, 7) is 8.36. The lowest BCUT2D eigenvalue weighted by molar-refractivity contribution is 0.0582. The van der Waals surface area contributed by atoms with Crippen LogP contribution in [0.25, 0.3) is 21.9 Å². The Morgan fingerprint density at radius 2 is 1.43 bits per heavy atom. The molecule has 1 N–H and O–H groups in total. The molecule has 0 bridgehead atoms. The van der Waals surface area contributed by atoms with Crippen LogP contribution in [0.15, 0.2) is 84.9 Å². The first-order valence-corrected chi connectivity index (χ1v) is 12.8. The smallest absolute Gasteiger partial charge is 0.158 e. The number of hydrogen-bond acceptors (Lipinski definition) is 5. The van der Waals surface area contributed by atoms with E-state index in [-0.39, 0.29) is 0 Å². The summed E-state index contributed by atoms with van der Waals surface area (Å²) in [7, 11) is 0. The van der Waals surface area contributed by atoms with Crippen LogP contribution in [-0.4, -0.2) is 31.8 Å². The second-order valence-electron chi connectivity index (χ2n) is 10.0. The number of aliphatic hydroxyl groups is 1. The maximum atomic E-state index is 10.8. The molecule has 0 aliphatic carbocycles. The first kappa shape index (κ1) is 24.9. The van der Waals surface area contributed by atoms with Crippen LogP contribution in [-0.2, 0) is 31.0 Å². The minimum absolute atomic E-state index is 0.367. The van der Waals surface area contributed by atoms with Gasteiger partial charge in [0, 0.05) is 25.1 Å². The second kappa shape index (κ2) is 10.7. The summed E-state index contributed by atoms with van der Waals surface area (Å²) >= 11 is 0. The summed E-state index contributed by atoms with van der Waals surface area (Å²) in [5, 5.41) is 11.8. The van der Waals surface area contributed by atoms with Gasteiger partial charge >= 0.3 is 0 Å². The van der Waals surface area contributed by atoms with Crippen molar-refractivity contribution in [3.8, 4) is 0 Å². The number of pyridine rings is 1. The van der Waals surface area contributed by atoms with Crippen LogP contribution in [0.5, 0.6) is 0 Å². The predicted molar refractivity (Wildman–Crippen MR) is 149 cm³/mol. The Labute approximate surface area is 218 Å². The highest BCUT2D eigenvalue weighted by Gasteiger charge is 2.25. The van der Waals surface area contributed by atoms with E-state index in [9.17, 15) is 5.11 Å². The largest absolute Gasteiger partial charge is 0.389 e. The third-order valence-electron chi connectivity index (χ3n) is 6.36. The van der Waals surface area contributed by atoms with Crippen LogP contribution in [0.4, 0.5) is 5.82 Å². The van der Waals surface area contributed by atoms with E-state index in [0.29, 0.717) is 32.8 Å². The summed E-state index contributed by atoms with van der Waals surface area (Å²) in [4.78, 5) is 12.6. The van der Waals surface area contributed by atoms with Crippen LogP contribution in [0.3, 0.4) is 0 Å². The zero-order valence-electron chi connectivity index (χ0n) is 21.8. The SMILES string of the molecule is CCOCc1nc2c(N(Cc3ccccc3)Cc3ccccc3)nc3ccccc3c2n1CC(C)(C)O. The summed E-state index contributed by atoms with van der Waals surface area (Å²) in [6, 6.07) is 29.1. The van der Waals surface area contributed by atoms with Crippen LogP contribution in [0.1, 0.15) is 37.7 Å². The maximum absolute atomic E-state index is 10.8. The molecular weight excluding hydrogens is 460 g/mol. The molecular formula is C31H34N4O2. The number of ether oxygens (including phenoxy) is 1. The van der Waals surface area contributed by atoms with Crippen molar-refractivity contribution in [3.05, 3.63) is 102 Å². The van der Waals surface area contributed by atoms with E-state index in [1.54, 1.807) is 0 Å². The second-order valence-corrected chi connectivity index (χ2v) is 10.0. The molecule has 0 radical (unpaired) electrons. The minimum Gasteiger partial charge on any atom is -0.389 e. The monoisotopic (exact) mass is 494 g/mol. The predicted octanol–water partition coefficient (Wildman–Crippen LogP) is 6.10. The highest BCUT2D eigenvalue weighted by atomic mass is 16.5. The summed E-state index contributed by atoms with van der Waals surface area (Å²) < 4.78 is 7.92. The molecule has 0 saturated heterocycles. The fourth-order valence-electron chi connectivity index (χ4n) is 4.76. The van der Waals surface area contributed by atoms with Gasteiger partial charge in [-0.05, 0) is 38.0 Å². The molecule has 0 fully saturated rings. The number of fused-ring (bicyclic) bond motifs is 3. The fourth-order valence-corrected chi connectivity index (χ4v) is 4.76. The Morgan fingerprint density at radius 3 is 2.03 bits per heavy atom. The number of nitrogens with zero attached hydrogens (tertiary/aromatic N) is 4. The van der Waals surface area contributed by atoms with Gasteiger partial charge in [0.1, 0.15) is 17.9 Å². The highest BCUT2D eigenvalue weighted by Crippen LogP contribution is 2.34. The number of aromatic nitrogens is 3. The molecule has 0 atom stereocenters. The number of anilines is 1. The molecule has 190 valence electrons. The molecule has 2 heterocycles. The van der Waals surface area contributed by atoms with Crippen LogP contribution in [0, 0.1) is 0 Å². The lowest BCUT2D eigenvalue weighted by Gasteiger charge is -2.25. The third-order valence-corrected chi connectivity index (χ3v) is 6.36. The summed E-state index contributed by atoms with van der Waals surface area (Å²) in [5.74, 6) is 1.62. The van der Waals surface area contributed by atoms with E-state index >= 15 is 0 Å². The van der Waals surface area contributed by atoms with Gasteiger partial charge in [-0.15, -0.1) is 0 Å². The molecule has 5 rings (SSSR count). The normalized spacial score (nSPS) is 11.9. The molecule has 0 amide bonds. The van der Waals surface area contributed by atoms with Gasteiger partial charge in [-0.1, -0.05) is 78.9 Å². The molecule has 0 unspecified atom stereocenters. The molecule has 0 spiro atoms. The Kier molecular flexibility index (Phi) is 7.22. The zero-order chi connectivity index (χ0) is 25.8. The zero-order valence-corrected chi connectivity index (χ0v) is 21.8. The van der Waals surface area contributed by atoms with Crippen LogP contribution in [0.2, 0.25) is 0 Å². The number of para-hydroxylation sites is 1. The summed E-state index contributed by atoms with van der Waals surface area (Å²) in [6.07, 6.45) is 0. The average molecular weight is 495 g/mol. The molecule has 5 aromatic rings. The average Bonchev–Trinajstić information content (AvgIpc) is 3.24. The van der Waals surface area contributed by atoms with Gasteiger partial charge in [0.05, 0.1) is 23.2 Å². The van der Waals surface area contributed by atoms with Crippen molar-refractivity contribution in [3.63, 3.8) is 0 Å². The van der Waals surface area contributed by atoms with Crippen molar-refractivity contribution >= 4 is 27.8 Å². The molecule has 0 aliphatic rings. The Morgan fingerprint density at radius 1 is 0.838 bits per heavy atom. The van der Waals surface area contributed by atoms with Gasteiger partial charge in [0.15, 0.2) is 5.82 Å². The molecule has 6 nitrogen and oxygen atoms in total. The van der Waals surface area contributed by atoms with Gasteiger partial charge in [-0.2, -0.15) is 0 Å². The van der Waals surface area contributed by atoms with Crippen LogP contribution < -0.4 is 4.90 Å². The van der Waals surface area contributed by atoms with Gasteiger partial charge < -0.3 is 19.3 Å². The van der Waals surface area contributed by atoms with Crippen LogP contribution >= 0.6 is 0 Å². The van der Waals surface area contributed by atoms with E-state index in [1.165, 1.54) is 11.1 Å². The van der Waals surface area contributed by atoms with Crippen molar-refractivity contribution in [1.29, 1.82) is 0 Å². The molecule has 3 aromatic carbocycles. The van der Waals surface area contributed by atoms with Gasteiger partial charge in [-0.3, -0.25) is 0 Å². The van der Waals surface area contributed by atoms with Crippen molar-refractivity contribution in [1.82, 2.24) is 14.5 Å². The first-order valence-electron chi connectivity index (χ1n) is 12.8. The molecule has 2 aromatic heterocycles.